The molecule has 9 heteroatoms. The molecular formula is C25H33N5O2S2. The van der Waals surface area contributed by atoms with Crippen LogP contribution in [0.25, 0.3) is 10.2 Å². The van der Waals surface area contributed by atoms with E-state index in [4.69, 9.17) is 0 Å². The molecule has 0 saturated carbocycles. The van der Waals surface area contributed by atoms with Gasteiger partial charge in [0, 0.05) is 42.4 Å². The molecule has 1 aliphatic heterocycles. The Bertz CT molecular complexity index is 1240. The van der Waals surface area contributed by atoms with Crippen molar-refractivity contribution in [3.05, 3.63) is 50.4 Å². The third-order valence-electron chi connectivity index (χ3n) is 6.55. The van der Waals surface area contributed by atoms with Crippen molar-refractivity contribution in [1.82, 2.24) is 14.9 Å². The molecule has 0 aliphatic carbocycles. The minimum Gasteiger partial charge on any atom is -0.369 e. The van der Waals surface area contributed by atoms with Gasteiger partial charge in [0.05, 0.1) is 16.4 Å². The number of thioether (sulfide) groups is 1. The van der Waals surface area contributed by atoms with Crippen molar-refractivity contribution >= 4 is 50.6 Å². The predicted molar refractivity (Wildman–Crippen MR) is 145 cm³/mol. The van der Waals surface area contributed by atoms with E-state index in [0.717, 1.165) is 53.7 Å². The van der Waals surface area contributed by atoms with Gasteiger partial charge in [-0.3, -0.25) is 9.59 Å². The molecule has 1 atom stereocenters. The first-order valence-corrected chi connectivity index (χ1v) is 13.6. The van der Waals surface area contributed by atoms with Crippen LogP contribution in [0.3, 0.4) is 0 Å². The third kappa shape index (κ3) is 5.31. The van der Waals surface area contributed by atoms with E-state index in [0.29, 0.717) is 17.0 Å². The van der Waals surface area contributed by atoms with E-state index < -0.39 is 0 Å². The molecule has 1 unspecified atom stereocenters. The van der Waals surface area contributed by atoms with Gasteiger partial charge in [0.15, 0.2) is 0 Å². The third-order valence-corrected chi connectivity index (χ3v) is 8.81. The van der Waals surface area contributed by atoms with E-state index >= 15 is 0 Å². The van der Waals surface area contributed by atoms with E-state index in [9.17, 15) is 9.59 Å². The van der Waals surface area contributed by atoms with Crippen LogP contribution < -0.4 is 15.8 Å². The van der Waals surface area contributed by atoms with Gasteiger partial charge in [0.2, 0.25) is 5.91 Å². The first kappa shape index (κ1) is 24.8. The molecule has 182 valence electrons. The van der Waals surface area contributed by atoms with Gasteiger partial charge >= 0.3 is 0 Å². The topological polar surface area (TPSA) is 81.3 Å². The van der Waals surface area contributed by atoms with Gasteiger partial charge < -0.3 is 20.1 Å². The number of piperazine rings is 1. The summed E-state index contributed by atoms with van der Waals surface area (Å²) in [5.41, 5.74) is 4.10. The number of hydrogen-bond acceptors (Lipinski definition) is 7. The Morgan fingerprint density at radius 3 is 2.65 bits per heavy atom. The summed E-state index contributed by atoms with van der Waals surface area (Å²) in [5, 5.41) is 3.43. The number of nitrogens with one attached hydrogen (secondary N) is 2. The molecule has 4 rings (SSSR count). The van der Waals surface area contributed by atoms with Gasteiger partial charge in [-0.2, -0.15) is 0 Å². The van der Waals surface area contributed by atoms with Crippen LogP contribution in [0.5, 0.6) is 0 Å². The van der Waals surface area contributed by atoms with Crippen LogP contribution in [0.2, 0.25) is 0 Å². The Balaban J connectivity index is 1.35. The maximum atomic E-state index is 12.8. The van der Waals surface area contributed by atoms with E-state index in [1.54, 1.807) is 0 Å². The van der Waals surface area contributed by atoms with E-state index in [-0.39, 0.29) is 16.7 Å². The van der Waals surface area contributed by atoms with Crippen molar-refractivity contribution in [2.75, 3.05) is 42.9 Å². The Hall–Kier alpha value is -2.36. The number of nitrogens with zero attached hydrogens (tertiary/aromatic N) is 3. The first-order chi connectivity index (χ1) is 16.3. The van der Waals surface area contributed by atoms with Crippen molar-refractivity contribution in [3.8, 4) is 0 Å². The highest BCUT2D eigenvalue weighted by atomic mass is 32.2. The second kappa shape index (κ2) is 10.5. The minimum absolute atomic E-state index is 0.0556. The molecule has 1 amide bonds. The summed E-state index contributed by atoms with van der Waals surface area (Å²) in [4.78, 5) is 39.5. The average Bonchev–Trinajstić information content (AvgIpc) is 3.11. The highest BCUT2D eigenvalue weighted by molar-refractivity contribution is 7.99. The molecule has 3 heterocycles. The molecule has 1 fully saturated rings. The minimum atomic E-state index is -0.282. The maximum Gasteiger partial charge on any atom is 0.259 e. The highest BCUT2D eigenvalue weighted by Crippen LogP contribution is 2.28. The lowest BCUT2D eigenvalue weighted by Gasteiger charge is -2.36. The van der Waals surface area contributed by atoms with Gasteiger partial charge in [-0.25, -0.2) is 4.98 Å². The number of hydrogen-bond donors (Lipinski definition) is 2. The van der Waals surface area contributed by atoms with Gasteiger partial charge in [-0.05, 0) is 63.6 Å². The number of fused-ring (bicyclic) bond motifs is 1. The smallest absolute Gasteiger partial charge is 0.259 e. The first-order valence-electron chi connectivity index (χ1n) is 11.8. The summed E-state index contributed by atoms with van der Waals surface area (Å²) in [5.74, 6) is 1.02. The molecule has 1 saturated heterocycles. The monoisotopic (exact) mass is 499 g/mol. The van der Waals surface area contributed by atoms with Gasteiger partial charge in [-0.15, -0.1) is 23.1 Å². The summed E-state index contributed by atoms with van der Waals surface area (Å²) in [6.45, 7) is 15.5. The lowest BCUT2D eigenvalue weighted by atomic mass is 10.1. The molecule has 0 radical (unpaired) electrons. The lowest BCUT2D eigenvalue weighted by molar-refractivity contribution is -0.115. The number of H-pyrrole nitrogens is 1. The zero-order valence-electron chi connectivity index (χ0n) is 20.5. The van der Waals surface area contributed by atoms with Crippen LogP contribution >= 0.6 is 23.1 Å². The fourth-order valence-electron chi connectivity index (χ4n) is 4.28. The van der Waals surface area contributed by atoms with Crippen LogP contribution in [0.1, 0.15) is 35.7 Å². The molecule has 34 heavy (non-hydrogen) atoms. The lowest BCUT2D eigenvalue weighted by Crippen LogP contribution is -2.46. The quantitative estimate of drug-likeness (QED) is 0.504. The van der Waals surface area contributed by atoms with Crippen LogP contribution in [0.15, 0.2) is 23.0 Å². The second-order valence-electron chi connectivity index (χ2n) is 8.84. The molecular weight excluding hydrogens is 466 g/mol. The number of benzene rings is 1. The van der Waals surface area contributed by atoms with Gasteiger partial charge in [0.25, 0.3) is 5.56 Å². The van der Waals surface area contributed by atoms with Gasteiger partial charge in [-0.1, -0.05) is 6.92 Å². The van der Waals surface area contributed by atoms with Crippen LogP contribution in [-0.2, 0) is 10.5 Å². The van der Waals surface area contributed by atoms with E-state index in [1.165, 1.54) is 34.3 Å². The normalized spacial score (nSPS) is 15.6. The zero-order valence-corrected chi connectivity index (χ0v) is 22.2. The number of carbonyl (C=O) groups excluding carboxylic acids is 1. The number of aromatic nitrogens is 2. The molecule has 1 aromatic carbocycles. The number of aromatic amines is 1. The summed E-state index contributed by atoms with van der Waals surface area (Å²) in [6.07, 6.45) is 0. The summed E-state index contributed by atoms with van der Waals surface area (Å²) >= 11 is 3.00. The average molecular weight is 500 g/mol. The Morgan fingerprint density at radius 2 is 1.97 bits per heavy atom. The fourth-order valence-corrected chi connectivity index (χ4v) is 6.09. The van der Waals surface area contributed by atoms with Crippen molar-refractivity contribution < 1.29 is 4.79 Å². The standard InChI is InChI=1S/C25H33N5O2S2/c1-6-29-9-11-30(12-10-29)20-8-7-19(13-15(20)2)26-23(31)18(5)33-14-21-27-24(32)22-16(3)17(4)34-25(22)28-21/h7-8,13,18H,6,9-12,14H2,1-5H3,(H,26,31)(H,27,28,32). The number of amides is 1. The number of carbonyl (C=O) groups is 1. The number of likely N-dealkylation sites (N-methyl/N-ethyl adjacent to an activating group) is 1. The van der Waals surface area contributed by atoms with Crippen LogP contribution in [0, 0.1) is 20.8 Å². The summed E-state index contributed by atoms with van der Waals surface area (Å²) in [7, 11) is 0. The molecule has 0 bridgehead atoms. The SMILES string of the molecule is CCN1CCN(c2ccc(NC(=O)C(C)SCc3nc4sc(C)c(C)c4c(=O)[nH]3)cc2C)CC1. The molecule has 3 aromatic rings. The number of thiophene rings is 1. The molecule has 2 aromatic heterocycles. The van der Waals surface area contributed by atoms with Crippen LogP contribution in [0.4, 0.5) is 11.4 Å². The predicted octanol–water partition coefficient (Wildman–Crippen LogP) is 4.31. The molecule has 0 spiro atoms. The van der Waals surface area contributed by atoms with Crippen molar-refractivity contribution in [1.29, 1.82) is 0 Å². The Morgan fingerprint density at radius 1 is 1.24 bits per heavy atom. The maximum absolute atomic E-state index is 12.8. The molecule has 7 nitrogen and oxygen atoms in total. The van der Waals surface area contributed by atoms with Crippen molar-refractivity contribution in [2.24, 2.45) is 0 Å². The van der Waals surface area contributed by atoms with Gasteiger partial charge in [0.1, 0.15) is 10.7 Å². The zero-order chi connectivity index (χ0) is 24.4. The molecule has 2 N–H and O–H groups in total. The largest absolute Gasteiger partial charge is 0.369 e. The highest BCUT2D eigenvalue weighted by Gasteiger charge is 2.19. The Kier molecular flexibility index (Phi) is 7.64. The van der Waals surface area contributed by atoms with Crippen molar-refractivity contribution in [2.45, 2.75) is 45.6 Å². The summed E-state index contributed by atoms with van der Waals surface area (Å²) in [6, 6.07) is 6.14. The van der Waals surface area contributed by atoms with Crippen molar-refractivity contribution in [3.63, 3.8) is 0 Å². The molecule has 1 aliphatic rings. The van der Waals surface area contributed by atoms with E-state index in [1.807, 2.05) is 32.9 Å². The number of aryl methyl sites for hydroxylation is 3. The van der Waals surface area contributed by atoms with Crippen LogP contribution in [-0.4, -0.2) is 58.7 Å². The number of anilines is 2. The summed E-state index contributed by atoms with van der Waals surface area (Å²) < 4.78 is 0. The fraction of sp³-hybridized carbons (Fsp3) is 0.480. The van der Waals surface area contributed by atoms with E-state index in [2.05, 4.69) is 45.0 Å². The number of rotatable bonds is 7. The second-order valence-corrected chi connectivity index (χ2v) is 11.4. The Labute approximate surface area is 209 Å².